The van der Waals surface area contributed by atoms with Crippen LogP contribution in [0.25, 0.3) is 0 Å². The van der Waals surface area contributed by atoms with Crippen molar-refractivity contribution in [3.63, 3.8) is 0 Å². The van der Waals surface area contributed by atoms with Crippen LogP contribution in [0.4, 0.5) is 5.69 Å². The average molecular weight is 269 g/mol. The third-order valence-electron chi connectivity index (χ3n) is 3.19. The predicted molar refractivity (Wildman–Crippen MR) is 75.7 cm³/mol. The Kier molecular flexibility index (Phi) is 4.87. The topological polar surface area (TPSA) is 38.5 Å². The molecule has 1 aromatic carbocycles. The van der Waals surface area contributed by atoms with Crippen molar-refractivity contribution in [1.29, 1.82) is 0 Å². The highest BCUT2D eigenvalue weighted by Crippen LogP contribution is 2.28. The summed E-state index contributed by atoms with van der Waals surface area (Å²) in [7, 11) is 2.08. The van der Waals surface area contributed by atoms with E-state index < -0.39 is 0 Å². The van der Waals surface area contributed by atoms with Crippen molar-refractivity contribution in [1.82, 2.24) is 4.90 Å². The van der Waals surface area contributed by atoms with Crippen LogP contribution >= 0.6 is 11.6 Å². The highest BCUT2D eigenvalue weighted by Gasteiger charge is 2.20. The molecule has 1 saturated carbocycles. The lowest BCUT2D eigenvalue weighted by molar-refractivity contribution is 0.102. The fourth-order valence-electron chi connectivity index (χ4n) is 1.82. The van der Waals surface area contributed by atoms with Crippen molar-refractivity contribution in [3.05, 3.63) is 28.8 Å². The number of rotatable bonds is 7. The van der Waals surface area contributed by atoms with E-state index in [1.54, 1.807) is 6.07 Å². The molecule has 3 nitrogen and oxygen atoms in total. The van der Waals surface area contributed by atoms with Crippen LogP contribution in [0.1, 0.15) is 18.4 Å². The number of halogens is 1. The molecule has 2 N–H and O–H groups in total. The molecule has 0 heterocycles. The van der Waals surface area contributed by atoms with Gasteiger partial charge in [-0.1, -0.05) is 17.7 Å². The Balaban J connectivity index is 1.70. The molecule has 0 bridgehead atoms. The molecule has 4 heteroatoms. The van der Waals surface area contributed by atoms with Gasteiger partial charge in [0.25, 0.3) is 0 Å². The van der Waals surface area contributed by atoms with E-state index in [0.717, 1.165) is 42.8 Å². The molecule has 1 aromatic rings. The van der Waals surface area contributed by atoms with Gasteiger partial charge in [-0.3, -0.25) is 4.90 Å². The molecule has 2 rings (SSSR count). The monoisotopic (exact) mass is 268 g/mol. The van der Waals surface area contributed by atoms with E-state index in [4.69, 9.17) is 22.1 Å². The Morgan fingerprint density at radius 1 is 1.44 bits per heavy atom. The molecule has 0 atom stereocenters. The second kappa shape index (κ2) is 6.41. The second-order valence-corrected chi connectivity index (χ2v) is 5.51. The lowest BCUT2D eigenvalue weighted by atomic mass is 10.2. The molecular weight excluding hydrogens is 248 g/mol. The standard InChI is InChI=1S/C14H21ClN2O/c1-17(6-7-18-10-11-2-3-11)9-12-4-5-13(16)8-14(12)15/h4-5,8,11H,2-3,6-7,9-10,16H2,1H3. The number of anilines is 1. The summed E-state index contributed by atoms with van der Waals surface area (Å²) in [6.07, 6.45) is 2.69. The first kappa shape index (κ1) is 13.7. The molecule has 0 aromatic heterocycles. The summed E-state index contributed by atoms with van der Waals surface area (Å²) in [6.45, 7) is 3.47. The summed E-state index contributed by atoms with van der Waals surface area (Å²) in [4.78, 5) is 2.21. The molecule has 0 aliphatic heterocycles. The Morgan fingerprint density at radius 2 is 2.22 bits per heavy atom. The van der Waals surface area contributed by atoms with Crippen LogP contribution in [0.5, 0.6) is 0 Å². The first-order valence-electron chi connectivity index (χ1n) is 6.45. The molecule has 0 radical (unpaired) electrons. The van der Waals surface area contributed by atoms with Crippen LogP contribution in [0.15, 0.2) is 18.2 Å². The quantitative estimate of drug-likeness (QED) is 0.610. The molecule has 0 spiro atoms. The summed E-state index contributed by atoms with van der Waals surface area (Å²) in [5, 5.41) is 0.737. The summed E-state index contributed by atoms with van der Waals surface area (Å²) in [5.41, 5.74) is 7.49. The Bertz CT molecular complexity index is 393. The van der Waals surface area contributed by atoms with Gasteiger partial charge < -0.3 is 10.5 Å². The van der Waals surface area contributed by atoms with Gasteiger partial charge in [-0.2, -0.15) is 0 Å². The molecule has 0 unspecified atom stereocenters. The zero-order valence-corrected chi connectivity index (χ0v) is 11.6. The van der Waals surface area contributed by atoms with Crippen LogP contribution in [-0.2, 0) is 11.3 Å². The van der Waals surface area contributed by atoms with Crippen LogP contribution in [0.2, 0.25) is 5.02 Å². The van der Waals surface area contributed by atoms with Crippen molar-refractivity contribution < 1.29 is 4.74 Å². The first-order chi connectivity index (χ1) is 8.65. The Labute approximate surface area is 114 Å². The van der Waals surface area contributed by atoms with E-state index in [-0.39, 0.29) is 0 Å². The van der Waals surface area contributed by atoms with Crippen molar-refractivity contribution in [2.45, 2.75) is 19.4 Å². The average Bonchev–Trinajstić information content (AvgIpc) is 3.12. The molecular formula is C14H21ClN2O. The van der Waals surface area contributed by atoms with Gasteiger partial charge in [0, 0.05) is 30.4 Å². The van der Waals surface area contributed by atoms with Gasteiger partial charge in [-0.15, -0.1) is 0 Å². The highest BCUT2D eigenvalue weighted by molar-refractivity contribution is 6.31. The Morgan fingerprint density at radius 3 is 2.89 bits per heavy atom. The SMILES string of the molecule is CN(CCOCC1CC1)Cc1ccc(N)cc1Cl. The van der Waals surface area contributed by atoms with E-state index in [2.05, 4.69) is 11.9 Å². The van der Waals surface area contributed by atoms with Gasteiger partial charge in [0.05, 0.1) is 6.61 Å². The predicted octanol–water partition coefficient (Wildman–Crippen LogP) is 2.78. The molecule has 1 aliphatic rings. The summed E-state index contributed by atoms with van der Waals surface area (Å²) < 4.78 is 5.62. The molecule has 100 valence electrons. The maximum atomic E-state index is 6.15. The molecule has 0 amide bonds. The molecule has 1 fully saturated rings. The summed E-state index contributed by atoms with van der Waals surface area (Å²) in [6, 6.07) is 5.67. The van der Waals surface area contributed by atoms with Crippen molar-refractivity contribution in [3.8, 4) is 0 Å². The van der Waals surface area contributed by atoms with E-state index in [0.29, 0.717) is 5.69 Å². The van der Waals surface area contributed by atoms with Crippen LogP contribution in [-0.4, -0.2) is 31.7 Å². The third-order valence-corrected chi connectivity index (χ3v) is 3.54. The molecule has 1 aliphatic carbocycles. The van der Waals surface area contributed by atoms with Crippen LogP contribution in [0, 0.1) is 5.92 Å². The van der Waals surface area contributed by atoms with Gasteiger partial charge >= 0.3 is 0 Å². The van der Waals surface area contributed by atoms with E-state index in [9.17, 15) is 0 Å². The zero-order chi connectivity index (χ0) is 13.0. The van der Waals surface area contributed by atoms with Crippen molar-refractivity contribution in [2.75, 3.05) is 32.5 Å². The molecule has 18 heavy (non-hydrogen) atoms. The first-order valence-corrected chi connectivity index (χ1v) is 6.83. The Hall–Kier alpha value is -0.770. The van der Waals surface area contributed by atoms with Crippen molar-refractivity contribution >= 4 is 17.3 Å². The second-order valence-electron chi connectivity index (χ2n) is 5.11. The summed E-state index contributed by atoms with van der Waals surface area (Å²) >= 11 is 6.15. The number of benzene rings is 1. The normalized spacial score (nSPS) is 15.3. The van der Waals surface area contributed by atoms with Gasteiger partial charge in [0.2, 0.25) is 0 Å². The lowest BCUT2D eigenvalue weighted by Crippen LogP contribution is -2.23. The zero-order valence-electron chi connectivity index (χ0n) is 10.9. The maximum Gasteiger partial charge on any atom is 0.0593 e. The van der Waals surface area contributed by atoms with E-state index in [1.165, 1.54) is 12.8 Å². The number of nitrogen functional groups attached to an aromatic ring is 1. The van der Waals surface area contributed by atoms with Crippen molar-refractivity contribution in [2.24, 2.45) is 5.92 Å². The minimum atomic E-state index is 0.708. The minimum absolute atomic E-state index is 0.708. The van der Waals surface area contributed by atoms with Gasteiger partial charge in [-0.25, -0.2) is 0 Å². The number of hydrogen-bond acceptors (Lipinski definition) is 3. The molecule has 0 saturated heterocycles. The number of hydrogen-bond donors (Lipinski definition) is 1. The van der Waals surface area contributed by atoms with E-state index in [1.807, 2.05) is 12.1 Å². The number of ether oxygens (including phenoxy) is 1. The van der Waals surface area contributed by atoms with E-state index >= 15 is 0 Å². The van der Waals surface area contributed by atoms with Crippen LogP contribution in [0.3, 0.4) is 0 Å². The fourth-order valence-corrected chi connectivity index (χ4v) is 2.07. The maximum absolute atomic E-state index is 6.15. The number of likely N-dealkylation sites (N-methyl/N-ethyl adjacent to an activating group) is 1. The highest BCUT2D eigenvalue weighted by atomic mass is 35.5. The fraction of sp³-hybridized carbons (Fsp3) is 0.571. The largest absolute Gasteiger partial charge is 0.399 e. The van der Waals surface area contributed by atoms with Gasteiger partial charge in [-0.05, 0) is 43.5 Å². The third kappa shape index (κ3) is 4.48. The van der Waals surface area contributed by atoms with Gasteiger partial charge in [0.15, 0.2) is 0 Å². The number of nitrogens with zero attached hydrogens (tertiary/aromatic N) is 1. The van der Waals surface area contributed by atoms with Crippen LogP contribution < -0.4 is 5.73 Å². The lowest BCUT2D eigenvalue weighted by Gasteiger charge is -2.17. The minimum Gasteiger partial charge on any atom is -0.399 e. The van der Waals surface area contributed by atoms with Gasteiger partial charge in [0.1, 0.15) is 0 Å². The number of nitrogens with two attached hydrogens (primary N) is 1. The smallest absolute Gasteiger partial charge is 0.0593 e. The summed E-state index contributed by atoms with van der Waals surface area (Å²) in [5.74, 6) is 0.835.